The molecule has 16 heavy (non-hydrogen) atoms. The second kappa shape index (κ2) is 5.27. The number of benzene rings is 1. The molecule has 0 spiro atoms. The normalized spacial score (nSPS) is 10.5. The predicted molar refractivity (Wildman–Crippen MR) is 59.9 cm³/mol. The topological polar surface area (TPSA) is 73.8 Å². The predicted octanol–water partition coefficient (Wildman–Crippen LogP) is 0.843. The van der Waals surface area contributed by atoms with E-state index in [1.54, 1.807) is 6.07 Å². The Labute approximate surface area is 93.5 Å². The highest BCUT2D eigenvalue weighted by Crippen LogP contribution is 2.14. The van der Waals surface area contributed by atoms with Gasteiger partial charge in [0.25, 0.3) is 0 Å². The van der Waals surface area contributed by atoms with E-state index in [1.165, 1.54) is 6.33 Å². The van der Waals surface area contributed by atoms with Gasteiger partial charge in [0.1, 0.15) is 17.9 Å². The van der Waals surface area contributed by atoms with Crippen LogP contribution in [0.5, 0.6) is 5.75 Å². The summed E-state index contributed by atoms with van der Waals surface area (Å²) in [5.74, 6) is 1.19. The van der Waals surface area contributed by atoms with E-state index < -0.39 is 0 Å². The van der Waals surface area contributed by atoms with Gasteiger partial charge in [-0.05, 0) is 6.07 Å². The highest BCUT2D eigenvalue weighted by atomic mass is 16.3. The Morgan fingerprint density at radius 2 is 2.19 bits per heavy atom. The maximum Gasteiger partial charge on any atom is 0.137 e. The van der Waals surface area contributed by atoms with Crippen molar-refractivity contribution in [2.24, 2.45) is 0 Å². The first-order chi connectivity index (χ1) is 7.86. The van der Waals surface area contributed by atoms with E-state index in [4.69, 9.17) is 0 Å². The van der Waals surface area contributed by atoms with E-state index >= 15 is 0 Å². The zero-order valence-corrected chi connectivity index (χ0v) is 8.85. The third-order valence-electron chi connectivity index (χ3n) is 2.31. The summed E-state index contributed by atoms with van der Waals surface area (Å²) >= 11 is 0. The minimum Gasteiger partial charge on any atom is -0.508 e. The number of hydrogen-bond donors (Lipinski definition) is 3. The molecule has 5 heteroatoms. The Morgan fingerprint density at radius 1 is 1.31 bits per heavy atom. The molecule has 3 N–H and O–H groups in total. The van der Waals surface area contributed by atoms with Gasteiger partial charge in [-0.2, -0.15) is 5.10 Å². The smallest absolute Gasteiger partial charge is 0.137 e. The Hall–Kier alpha value is -1.88. The fourth-order valence-corrected chi connectivity index (χ4v) is 1.44. The third-order valence-corrected chi connectivity index (χ3v) is 2.31. The van der Waals surface area contributed by atoms with E-state index in [0.717, 1.165) is 24.4 Å². The first kappa shape index (κ1) is 10.6. The van der Waals surface area contributed by atoms with Crippen LogP contribution < -0.4 is 5.32 Å². The van der Waals surface area contributed by atoms with Gasteiger partial charge in [0.15, 0.2) is 0 Å². The van der Waals surface area contributed by atoms with Gasteiger partial charge in [-0.3, -0.25) is 5.10 Å². The molecule has 1 heterocycles. The number of aromatic amines is 1. The number of nitrogens with one attached hydrogen (secondary N) is 2. The molecule has 1 aromatic carbocycles. The summed E-state index contributed by atoms with van der Waals surface area (Å²) in [5, 5.41) is 19.3. The monoisotopic (exact) mass is 218 g/mol. The van der Waals surface area contributed by atoms with E-state index in [1.807, 2.05) is 18.2 Å². The number of hydrogen-bond acceptors (Lipinski definition) is 4. The number of nitrogens with zero attached hydrogens (tertiary/aromatic N) is 2. The molecular weight excluding hydrogens is 204 g/mol. The summed E-state index contributed by atoms with van der Waals surface area (Å²) in [6, 6.07) is 7.31. The van der Waals surface area contributed by atoms with Crippen LogP contribution in [0.25, 0.3) is 0 Å². The Bertz CT molecular complexity index is 427. The van der Waals surface area contributed by atoms with Gasteiger partial charge in [0.05, 0.1) is 0 Å². The first-order valence-electron chi connectivity index (χ1n) is 5.18. The molecule has 0 aliphatic rings. The number of phenolic OH excluding ortho intramolecular Hbond substituents is 1. The molecule has 0 bridgehead atoms. The molecule has 0 radical (unpaired) electrons. The number of phenols is 1. The molecule has 0 aliphatic heterocycles. The van der Waals surface area contributed by atoms with Gasteiger partial charge in [0, 0.05) is 25.1 Å². The van der Waals surface area contributed by atoms with E-state index in [2.05, 4.69) is 20.5 Å². The van der Waals surface area contributed by atoms with Gasteiger partial charge in [-0.15, -0.1) is 0 Å². The number of aromatic hydroxyl groups is 1. The van der Waals surface area contributed by atoms with Crippen molar-refractivity contribution in [3.8, 4) is 5.75 Å². The summed E-state index contributed by atoms with van der Waals surface area (Å²) in [5.41, 5.74) is 0.903. The maximum atomic E-state index is 9.53. The first-order valence-corrected chi connectivity index (χ1v) is 5.18. The van der Waals surface area contributed by atoms with Crippen LogP contribution in [-0.4, -0.2) is 26.8 Å². The number of para-hydroxylation sites is 1. The zero-order chi connectivity index (χ0) is 11.2. The molecule has 5 nitrogen and oxygen atoms in total. The van der Waals surface area contributed by atoms with Crippen LogP contribution in [-0.2, 0) is 13.0 Å². The third kappa shape index (κ3) is 2.80. The van der Waals surface area contributed by atoms with Gasteiger partial charge < -0.3 is 10.4 Å². The molecule has 0 saturated carbocycles. The summed E-state index contributed by atoms with van der Waals surface area (Å²) in [4.78, 5) is 4.02. The molecule has 1 aromatic heterocycles. The van der Waals surface area contributed by atoms with Crippen molar-refractivity contribution in [2.75, 3.05) is 6.54 Å². The average Bonchev–Trinajstić information content (AvgIpc) is 2.79. The molecule has 0 aliphatic carbocycles. The minimum atomic E-state index is 0.328. The standard InChI is InChI=1S/C11H14N4O/c16-10-4-2-1-3-9(10)7-12-6-5-11-13-8-14-15-11/h1-4,8,12,16H,5-7H2,(H,13,14,15). The molecule has 0 atom stereocenters. The van der Waals surface area contributed by atoms with Gasteiger partial charge in [0.2, 0.25) is 0 Å². The largest absolute Gasteiger partial charge is 0.508 e. The van der Waals surface area contributed by atoms with Crippen LogP contribution in [0.2, 0.25) is 0 Å². The van der Waals surface area contributed by atoms with Crippen LogP contribution in [0.4, 0.5) is 0 Å². The van der Waals surface area contributed by atoms with Crippen LogP contribution >= 0.6 is 0 Å². The van der Waals surface area contributed by atoms with Crippen LogP contribution in [0.3, 0.4) is 0 Å². The molecule has 84 valence electrons. The van der Waals surface area contributed by atoms with Gasteiger partial charge >= 0.3 is 0 Å². The van der Waals surface area contributed by atoms with Crippen molar-refractivity contribution in [3.05, 3.63) is 42.0 Å². The lowest BCUT2D eigenvalue weighted by Gasteiger charge is -2.05. The SMILES string of the molecule is Oc1ccccc1CNCCc1ncn[nH]1. The highest BCUT2D eigenvalue weighted by Gasteiger charge is 1.99. The van der Waals surface area contributed by atoms with Crippen molar-refractivity contribution >= 4 is 0 Å². The summed E-state index contributed by atoms with van der Waals surface area (Å²) in [7, 11) is 0. The van der Waals surface area contributed by atoms with Gasteiger partial charge in [-0.1, -0.05) is 18.2 Å². The second-order valence-electron chi connectivity index (χ2n) is 3.49. The van der Waals surface area contributed by atoms with Gasteiger partial charge in [-0.25, -0.2) is 4.98 Å². The Kier molecular flexibility index (Phi) is 3.50. The lowest BCUT2D eigenvalue weighted by molar-refractivity contribution is 0.464. The molecule has 0 amide bonds. The van der Waals surface area contributed by atoms with Crippen molar-refractivity contribution in [1.82, 2.24) is 20.5 Å². The Balaban J connectivity index is 1.74. The fraction of sp³-hybridized carbons (Fsp3) is 0.273. The van der Waals surface area contributed by atoms with Crippen LogP contribution in [0, 0.1) is 0 Å². The molecule has 2 rings (SSSR count). The van der Waals surface area contributed by atoms with Crippen LogP contribution in [0.1, 0.15) is 11.4 Å². The van der Waals surface area contributed by atoms with Crippen molar-refractivity contribution in [2.45, 2.75) is 13.0 Å². The Morgan fingerprint density at radius 3 is 2.94 bits per heavy atom. The van der Waals surface area contributed by atoms with Crippen molar-refractivity contribution < 1.29 is 5.11 Å². The molecule has 2 aromatic rings. The number of aromatic nitrogens is 3. The summed E-state index contributed by atoms with van der Waals surface area (Å²) in [6.07, 6.45) is 2.30. The quantitative estimate of drug-likeness (QED) is 0.650. The summed E-state index contributed by atoms with van der Waals surface area (Å²) < 4.78 is 0. The number of rotatable bonds is 5. The van der Waals surface area contributed by atoms with Crippen molar-refractivity contribution in [3.63, 3.8) is 0 Å². The summed E-state index contributed by atoms with van der Waals surface area (Å²) in [6.45, 7) is 1.45. The molecule has 0 unspecified atom stereocenters. The highest BCUT2D eigenvalue weighted by molar-refractivity contribution is 5.31. The molecule has 0 saturated heterocycles. The lowest BCUT2D eigenvalue weighted by Crippen LogP contribution is -2.17. The number of H-pyrrole nitrogens is 1. The lowest BCUT2D eigenvalue weighted by atomic mass is 10.2. The maximum absolute atomic E-state index is 9.53. The van der Waals surface area contributed by atoms with E-state index in [-0.39, 0.29) is 0 Å². The second-order valence-corrected chi connectivity index (χ2v) is 3.49. The zero-order valence-electron chi connectivity index (χ0n) is 8.85. The molecular formula is C11H14N4O. The minimum absolute atomic E-state index is 0.328. The molecule has 0 fully saturated rings. The average molecular weight is 218 g/mol. The van der Waals surface area contributed by atoms with E-state index in [0.29, 0.717) is 12.3 Å². The van der Waals surface area contributed by atoms with Crippen molar-refractivity contribution in [1.29, 1.82) is 0 Å². The van der Waals surface area contributed by atoms with Crippen LogP contribution in [0.15, 0.2) is 30.6 Å². The fourth-order valence-electron chi connectivity index (χ4n) is 1.44. The van der Waals surface area contributed by atoms with E-state index in [9.17, 15) is 5.11 Å².